The first-order valence-electron chi connectivity index (χ1n) is 5.67. The molecule has 1 aromatic carbocycles. The number of rotatable bonds is 4. The average molecular weight is 244 g/mol. The maximum absolute atomic E-state index is 5.61. The van der Waals surface area contributed by atoms with Crippen LogP contribution in [0.15, 0.2) is 30.3 Å². The molecule has 0 spiro atoms. The third-order valence-corrected chi connectivity index (χ3v) is 2.46. The third-order valence-electron chi connectivity index (χ3n) is 2.46. The molecule has 5 nitrogen and oxygen atoms in total. The van der Waals surface area contributed by atoms with Gasteiger partial charge in [-0.3, -0.25) is 0 Å². The number of nitrogens with zero attached hydrogens (tertiary/aromatic N) is 2. The van der Waals surface area contributed by atoms with Crippen LogP contribution in [0.4, 0.5) is 11.5 Å². The van der Waals surface area contributed by atoms with Crippen LogP contribution in [0, 0.1) is 6.92 Å². The predicted molar refractivity (Wildman–Crippen MR) is 70.9 cm³/mol. The van der Waals surface area contributed by atoms with Crippen LogP contribution in [0.25, 0.3) is 0 Å². The molecule has 5 heteroatoms. The monoisotopic (exact) mass is 244 g/mol. The molecule has 0 bridgehead atoms. The van der Waals surface area contributed by atoms with Gasteiger partial charge in [-0.2, -0.15) is 4.98 Å². The zero-order valence-electron chi connectivity index (χ0n) is 10.5. The molecule has 0 fully saturated rings. The van der Waals surface area contributed by atoms with E-state index in [0.717, 1.165) is 11.3 Å². The highest BCUT2D eigenvalue weighted by molar-refractivity contribution is 5.57. The normalized spacial score (nSPS) is 10.2. The van der Waals surface area contributed by atoms with E-state index in [2.05, 4.69) is 15.3 Å². The first-order chi connectivity index (χ1) is 8.71. The van der Waals surface area contributed by atoms with Gasteiger partial charge in [-0.25, -0.2) is 4.98 Å². The van der Waals surface area contributed by atoms with Crippen molar-refractivity contribution < 1.29 is 4.74 Å². The summed E-state index contributed by atoms with van der Waals surface area (Å²) >= 11 is 0. The van der Waals surface area contributed by atoms with Crippen molar-refractivity contribution in [3.63, 3.8) is 0 Å². The highest BCUT2D eigenvalue weighted by atomic mass is 16.5. The van der Waals surface area contributed by atoms with Crippen LogP contribution in [0.3, 0.4) is 0 Å². The minimum Gasteiger partial charge on any atom is -0.481 e. The summed E-state index contributed by atoms with van der Waals surface area (Å²) in [6, 6.07) is 9.64. The molecule has 0 aliphatic rings. The maximum atomic E-state index is 5.61. The van der Waals surface area contributed by atoms with Gasteiger partial charge in [-0.1, -0.05) is 12.1 Å². The fourth-order valence-electron chi connectivity index (χ4n) is 1.63. The predicted octanol–water partition coefficient (Wildman–Crippen LogP) is 2.00. The Morgan fingerprint density at radius 3 is 2.83 bits per heavy atom. The van der Waals surface area contributed by atoms with E-state index in [4.69, 9.17) is 10.5 Å². The molecule has 0 atom stereocenters. The summed E-state index contributed by atoms with van der Waals surface area (Å²) in [4.78, 5) is 8.43. The van der Waals surface area contributed by atoms with E-state index in [1.165, 1.54) is 0 Å². The Bertz CT molecular complexity index is 542. The summed E-state index contributed by atoms with van der Waals surface area (Å²) in [6.45, 7) is 2.34. The van der Waals surface area contributed by atoms with Crippen LogP contribution in [0.1, 0.15) is 11.4 Å². The fourth-order valence-corrected chi connectivity index (χ4v) is 1.63. The Morgan fingerprint density at radius 2 is 2.11 bits per heavy atom. The zero-order valence-corrected chi connectivity index (χ0v) is 10.5. The summed E-state index contributed by atoms with van der Waals surface area (Å²) in [5.74, 6) is 1.90. The van der Waals surface area contributed by atoms with Crippen molar-refractivity contribution in [3.05, 3.63) is 41.7 Å². The summed E-state index contributed by atoms with van der Waals surface area (Å²) in [5.41, 5.74) is 7.62. The van der Waals surface area contributed by atoms with E-state index in [0.29, 0.717) is 24.1 Å². The van der Waals surface area contributed by atoms with Crippen LogP contribution in [0.2, 0.25) is 0 Å². The maximum Gasteiger partial charge on any atom is 0.218 e. The Hall–Kier alpha value is -2.14. The van der Waals surface area contributed by atoms with Gasteiger partial charge in [0.2, 0.25) is 5.88 Å². The first kappa shape index (κ1) is 12.3. The van der Waals surface area contributed by atoms with Gasteiger partial charge in [-0.15, -0.1) is 0 Å². The average Bonchev–Trinajstić information content (AvgIpc) is 2.38. The van der Waals surface area contributed by atoms with Gasteiger partial charge in [-0.05, 0) is 24.6 Å². The lowest BCUT2D eigenvalue weighted by Gasteiger charge is -2.08. The summed E-state index contributed by atoms with van der Waals surface area (Å²) in [5, 5.41) is 3.21. The Balaban J connectivity index is 2.24. The van der Waals surface area contributed by atoms with Crippen molar-refractivity contribution in [2.75, 3.05) is 12.4 Å². The van der Waals surface area contributed by atoms with Crippen LogP contribution in [-0.4, -0.2) is 17.1 Å². The topological polar surface area (TPSA) is 73.1 Å². The lowest BCUT2D eigenvalue weighted by molar-refractivity contribution is 0.396. The quantitative estimate of drug-likeness (QED) is 0.860. The molecular weight excluding hydrogens is 228 g/mol. The van der Waals surface area contributed by atoms with Crippen LogP contribution in [-0.2, 0) is 6.54 Å². The van der Waals surface area contributed by atoms with Crippen LogP contribution < -0.4 is 15.8 Å². The van der Waals surface area contributed by atoms with Crippen molar-refractivity contribution >= 4 is 11.5 Å². The summed E-state index contributed by atoms with van der Waals surface area (Å²) in [6.07, 6.45) is 0. The molecule has 2 aromatic rings. The number of hydrogen-bond donors (Lipinski definition) is 2. The number of hydrogen-bond acceptors (Lipinski definition) is 5. The number of aromatic nitrogens is 2. The molecule has 1 aromatic heterocycles. The van der Waals surface area contributed by atoms with Gasteiger partial charge < -0.3 is 15.8 Å². The third kappa shape index (κ3) is 2.95. The van der Waals surface area contributed by atoms with Gasteiger partial charge in [0.1, 0.15) is 11.6 Å². The lowest BCUT2D eigenvalue weighted by Crippen LogP contribution is -2.01. The molecule has 0 saturated carbocycles. The fraction of sp³-hybridized carbons (Fsp3) is 0.231. The molecule has 0 radical (unpaired) electrons. The van der Waals surface area contributed by atoms with Gasteiger partial charge in [0.25, 0.3) is 0 Å². The number of nitrogens with one attached hydrogen (secondary N) is 1. The molecule has 2 rings (SSSR count). The minimum atomic E-state index is 0.516. The molecule has 0 unspecified atom stereocenters. The van der Waals surface area contributed by atoms with Crippen molar-refractivity contribution in [2.45, 2.75) is 13.5 Å². The number of aryl methyl sites for hydroxylation is 1. The second kappa shape index (κ2) is 5.46. The molecule has 3 N–H and O–H groups in total. The molecular formula is C13H16N4O. The SMILES string of the molecule is COc1cc(Nc2cccc(CN)c2)nc(C)n1. The van der Waals surface area contributed by atoms with Gasteiger partial charge in [0, 0.05) is 18.3 Å². The number of methoxy groups -OCH3 is 1. The van der Waals surface area contributed by atoms with E-state index in [1.807, 2.05) is 31.2 Å². The van der Waals surface area contributed by atoms with Crippen molar-refractivity contribution in [2.24, 2.45) is 5.73 Å². The highest BCUT2D eigenvalue weighted by Gasteiger charge is 2.02. The Kier molecular flexibility index (Phi) is 3.74. The van der Waals surface area contributed by atoms with Crippen molar-refractivity contribution in [1.29, 1.82) is 0 Å². The second-order valence-corrected chi connectivity index (χ2v) is 3.87. The number of anilines is 2. The number of ether oxygens (including phenoxy) is 1. The molecule has 94 valence electrons. The Morgan fingerprint density at radius 1 is 1.28 bits per heavy atom. The number of nitrogens with two attached hydrogens (primary N) is 1. The minimum absolute atomic E-state index is 0.516. The summed E-state index contributed by atoms with van der Waals surface area (Å²) in [7, 11) is 1.58. The molecule has 0 aliphatic carbocycles. The molecule has 0 amide bonds. The highest BCUT2D eigenvalue weighted by Crippen LogP contribution is 2.19. The zero-order chi connectivity index (χ0) is 13.0. The van der Waals surface area contributed by atoms with Gasteiger partial charge in [0.05, 0.1) is 7.11 Å². The van der Waals surface area contributed by atoms with E-state index in [1.54, 1.807) is 13.2 Å². The summed E-state index contributed by atoms with van der Waals surface area (Å²) < 4.78 is 5.11. The van der Waals surface area contributed by atoms with Gasteiger partial charge >= 0.3 is 0 Å². The van der Waals surface area contributed by atoms with E-state index in [-0.39, 0.29) is 0 Å². The first-order valence-corrected chi connectivity index (χ1v) is 5.67. The van der Waals surface area contributed by atoms with Crippen molar-refractivity contribution in [1.82, 2.24) is 9.97 Å². The van der Waals surface area contributed by atoms with Crippen LogP contribution in [0.5, 0.6) is 5.88 Å². The van der Waals surface area contributed by atoms with E-state index in [9.17, 15) is 0 Å². The van der Waals surface area contributed by atoms with E-state index < -0.39 is 0 Å². The smallest absolute Gasteiger partial charge is 0.218 e. The standard InChI is InChI=1S/C13H16N4O/c1-9-15-12(7-13(16-9)18-2)17-11-5-3-4-10(6-11)8-14/h3-7H,8,14H2,1-2H3,(H,15,16,17). The van der Waals surface area contributed by atoms with E-state index >= 15 is 0 Å². The second-order valence-electron chi connectivity index (χ2n) is 3.87. The van der Waals surface area contributed by atoms with Crippen LogP contribution >= 0.6 is 0 Å². The van der Waals surface area contributed by atoms with Crippen molar-refractivity contribution in [3.8, 4) is 5.88 Å². The molecule has 0 saturated heterocycles. The largest absolute Gasteiger partial charge is 0.481 e. The number of benzene rings is 1. The Labute approximate surface area is 106 Å². The molecule has 1 heterocycles. The lowest BCUT2D eigenvalue weighted by atomic mass is 10.2. The van der Waals surface area contributed by atoms with Gasteiger partial charge in [0.15, 0.2) is 0 Å². The molecule has 18 heavy (non-hydrogen) atoms. The molecule has 0 aliphatic heterocycles.